The second-order valence-electron chi connectivity index (χ2n) is 4.13. The summed E-state index contributed by atoms with van der Waals surface area (Å²) < 4.78 is 1.34. The van der Waals surface area contributed by atoms with Crippen LogP contribution in [0, 0.1) is 0 Å². The van der Waals surface area contributed by atoms with E-state index in [1.165, 1.54) is 73.7 Å². The van der Waals surface area contributed by atoms with E-state index in [9.17, 15) is 0 Å². The third kappa shape index (κ3) is 15.1. The van der Waals surface area contributed by atoms with Crippen molar-refractivity contribution in [1.29, 1.82) is 0 Å². The Balaban J connectivity index is 0.000000322. The van der Waals surface area contributed by atoms with E-state index >= 15 is 0 Å². The SMILES string of the molecule is C1CCSC1.CCCCCCCCCI. The Kier molecular flexibility index (Phi) is 16.2. The van der Waals surface area contributed by atoms with Crippen molar-refractivity contribution in [2.75, 3.05) is 15.9 Å². The Morgan fingerprint density at radius 2 is 1.40 bits per heavy atom. The molecule has 0 amide bonds. The standard InChI is InChI=1S/C9H19I.C4H8S/c1-2-3-4-5-6-7-8-9-10;1-2-4-5-3-1/h2-9H2,1H3;1-4H2. The van der Waals surface area contributed by atoms with Crippen molar-refractivity contribution in [3.8, 4) is 0 Å². The van der Waals surface area contributed by atoms with Gasteiger partial charge in [0.25, 0.3) is 0 Å². The maximum Gasteiger partial charge on any atom is -0.000473 e. The molecule has 15 heavy (non-hydrogen) atoms. The number of halogens is 1. The van der Waals surface area contributed by atoms with E-state index in [2.05, 4.69) is 41.3 Å². The van der Waals surface area contributed by atoms with Gasteiger partial charge in [0.05, 0.1) is 0 Å². The molecular formula is C13H27IS. The van der Waals surface area contributed by atoms with Gasteiger partial charge in [-0.25, -0.2) is 0 Å². The van der Waals surface area contributed by atoms with E-state index in [1.54, 1.807) is 0 Å². The smallest absolute Gasteiger partial charge is 0.000473 e. The van der Waals surface area contributed by atoms with E-state index in [-0.39, 0.29) is 0 Å². The zero-order chi connectivity index (χ0) is 11.2. The second kappa shape index (κ2) is 15.1. The van der Waals surface area contributed by atoms with Crippen molar-refractivity contribution in [1.82, 2.24) is 0 Å². The molecule has 1 fully saturated rings. The number of hydrogen-bond donors (Lipinski definition) is 0. The summed E-state index contributed by atoms with van der Waals surface area (Å²) in [5, 5.41) is 0. The average molecular weight is 342 g/mol. The molecule has 0 radical (unpaired) electrons. The minimum Gasteiger partial charge on any atom is -0.162 e. The third-order valence-electron chi connectivity index (χ3n) is 2.56. The van der Waals surface area contributed by atoms with Gasteiger partial charge in [-0.05, 0) is 35.2 Å². The van der Waals surface area contributed by atoms with Gasteiger partial charge < -0.3 is 0 Å². The topological polar surface area (TPSA) is 0 Å². The largest absolute Gasteiger partial charge is 0.162 e. The van der Waals surface area contributed by atoms with Gasteiger partial charge >= 0.3 is 0 Å². The summed E-state index contributed by atoms with van der Waals surface area (Å²) in [5.74, 6) is 2.83. The van der Waals surface area contributed by atoms with Crippen molar-refractivity contribution >= 4 is 34.4 Å². The van der Waals surface area contributed by atoms with Crippen molar-refractivity contribution < 1.29 is 0 Å². The van der Waals surface area contributed by atoms with Crippen LogP contribution in [0.4, 0.5) is 0 Å². The molecule has 0 aromatic carbocycles. The van der Waals surface area contributed by atoms with E-state index in [0.717, 1.165) is 0 Å². The van der Waals surface area contributed by atoms with Gasteiger partial charge in [0.1, 0.15) is 0 Å². The predicted octanol–water partition coefficient (Wildman–Crippen LogP) is 5.69. The van der Waals surface area contributed by atoms with Gasteiger partial charge in [-0.2, -0.15) is 11.8 Å². The average Bonchev–Trinajstić information content (AvgIpc) is 2.82. The van der Waals surface area contributed by atoms with Crippen molar-refractivity contribution in [2.45, 2.75) is 64.7 Å². The molecule has 0 atom stereocenters. The van der Waals surface area contributed by atoms with Crippen LogP contribution >= 0.6 is 34.4 Å². The first kappa shape index (κ1) is 16.1. The summed E-state index contributed by atoms with van der Waals surface area (Å²) in [6.07, 6.45) is 13.0. The minimum atomic E-state index is 1.34. The van der Waals surface area contributed by atoms with Crippen molar-refractivity contribution in [3.05, 3.63) is 0 Å². The minimum absolute atomic E-state index is 1.34. The number of unbranched alkanes of at least 4 members (excludes halogenated alkanes) is 6. The number of rotatable bonds is 7. The highest BCUT2D eigenvalue weighted by Gasteiger charge is 1.95. The van der Waals surface area contributed by atoms with Crippen LogP contribution in [-0.2, 0) is 0 Å². The number of thioether (sulfide) groups is 1. The molecule has 1 aliphatic heterocycles. The highest BCUT2D eigenvalue weighted by molar-refractivity contribution is 14.1. The highest BCUT2D eigenvalue weighted by atomic mass is 127. The summed E-state index contributed by atoms with van der Waals surface area (Å²) in [7, 11) is 0. The molecule has 0 spiro atoms. The molecule has 0 unspecified atom stereocenters. The van der Waals surface area contributed by atoms with E-state index < -0.39 is 0 Å². The highest BCUT2D eigenvalue weighted by Crippen LogP contribution is 2.14. The molecule has 0 saturated carbocycles. The molecule has 1 rings (SSSR count). The molecule has 0 aromatic rings. The van der Waals surface area contributed by atoms with Gasteiger partial charge in [-0.3, -0.25) is 0 Å². The maximum atomic E-state index is 2.46. The van der Waals surface area contributed by atoms with Crippen LogP contribution < -0.4 is 0 Å². The van der Waals surface area contributed by atoms with Crippen LogP contribution in [0.25, 0.3) is 0 Å². The van der Waals surface area contributed by atoms with Crippen LogP contribution in [0.3, 0.4) is 0 Å². The number of hydrogen-bond acceptors (Lipinski definition) is 1. The summed E-state index contributed by atoms with van der Waals surface area (Å²) >= 11 is 4.53. The fraction of sp³-hybridized carbons (Fsp3) is 1.00. The Bertz CT molecular complexity index is 87.1. The lowest BCUT2D eigenvalue weighted by Crippen LogP contribution is -1.79. The fourth-order valence-corrected chi connectivity index (χ4v) is 3.12. The summed E-state index contributed by atoms with van der Waals surface area (Å²) in [6.45, 7) is 2.27. The Morgan fingerprint density at radius 1 is 0.867 bits per heavy atom. The first-order valence-electron chi connectivity index (χ1n) is 6.55. The van der Waals surface area contributed by atoms with E-state index in [4.69, 9.17) is 0 Å². The molecular weight excluding hydrogens is 315 g/mol. The Hall–Kier alpha value is 1.08. The lowest BCUT2D eigenvalue weighted by molar-refractivity contribution is 0.605. The van der Waals surface area contributed by atoms with Gasteiger partial charge in [0, 0.05) is 0 Å². The number of alkyl halides is 1. The molecule has 92 valence electrons. The molecule has 0 bridgehead atoms. The van der Waals surface area contributed by atoms with Crippen molar-refractivity contribution in [2.24, 2.45) is 0 Å². The summed E-state index contributed by atoms with van der Waals surface area (Å²) in [5.41, 5.74) is 0. The predicted molar refractivity (Wildman–Crippen MR) is 83.4 cm³/mol. The second-order valence-corrected chi connectivity index (χ2v) is 6.43. The molecule has 0 aromatic heterocycles. The Morgan fingerprint density at radius 3 is 1.80 bits per heavy atom. The van der Waals surface area contributed by atoms with Crippen molar-refractivity contribution in [3.63, 3.8) is 0 Å². The lowest BCUT2D eigenvalue weighted by Gasteiger charge is -1.97. The van der Waals surface area contributed by atoms with Gasteiger partial charge in [0.2, 0.25) is 0 Å². The molecule has 1 aliphatic rings. The third-order valence-corrected chi connectivity index (χ3v) is 4.48. The molecule has 1 saturated heterocycles. The summed E-state index contributed by atoms with van der Waals surface area (Å²) in [4.78, 5) is 0. The van der Waals surface area contributed by atoms with Crippen LogP contribution in [0.1, 0.15) is 64.7 Å². The van der Waals surface area contributed by atoms with E-state index in [0.29, 0.717) is 0 Å². The lowest BCUT2D eigenvalue weighted by atomic mass is 10.1. The monoisotopic (exact) mass is 342 g/mol. The summed E-state index contributed by atoms with van der Waals surface area (Å²) in [6, 6.07) is 0. The van der Waals surface area contributed by atoms with Crippen LogP contribution in [0.5, 0.6) is 0 Å². The molecule has 0 nitrogen and oxygen atoms in total. The maximum absolute atomic E-state index is 2.46. The first-order valence-corrected chi connectivity index (χ1v) is 9.23. The Labute approximate surface area is 115 Å². The first-order chi connectivity index (χ1) is 7.41. The van der Waals surface area contributed by atoms with E-state index in [1.807, 2.05) is 0 Å². The van der Waals surface area contributed by atoms with Crippen LogP contribution in [0.15, 0.2) is 0 Å². The molecule has 1 heterocycles. The normalized spacial score (nSPS) is 14.8. The van der Waals surface area contributed by atoms with Gasteiger partial charge in [-0.15, -0.1) is 0 Å². The zero-order valence-electron chi connectivity index (χ0n) is 10.3. The van der Waals surface area contributed by atoms with Gasteiger partial charge in [0.15, 0.2) is 0 Å². The molecule has 0 N–H and O–H groups in total. The van der Waals surface area contributed by atoms with Gasteiger partial charge in [-0.1, -0.05) is 68.0 Å². The van der Waals surface area contributed by atoms with Crippen LogP contribution in [-0.4, -0.2) is 15.9 Å². The fourth-order valence-electron chi connectivity index (χ4n) is 1.56. The zero-order valence-corrected chi connectivity index (χ0v) is 13.2. The molecule has 0 aliphatic carbocycles. The molecule has 2 heteroatoms. The van der Waals surface area contributed by atoms with Crippen LogP contribution in [0.2, 0.25) is 0 Å². The quantitative estimate of drug-likeness (QED) is 0.326.